The van der Waals surface area contributed by atoms with Gasteiger partial charge < -0.3 is 5.32 Å². The second-order valence-electron chi connectivity index (χ2n) is 3.30. The molecular formula is C10H12FN3. The fourth-order valence-electron chi connectivity index (χ4n) is 1.55. The highest BCUT2D eigenvalue weighted by Gasteiger charge is 2.06. The number of nitrogens with one attached hydrogen (secondary N) is 1. The molecule has 2 aromatic rings. The first-order valence-electron chi connectivity index (χ1n) is 4.47. The van der Waals surface area contributed by atoms with E-state index in [0.29, 0.717) is 12.1 Å². The Bertz CT molecular complexity index is 462. The average Bonchev–Trinajstić information content (AvgIpc) is 2.50. The van der Waals surface area contributed by atoms with E-state index in [1.54, 1.807) is 25.0 Å². The van der Waals surface area contributed by atoms with Gasteiger partial charge in [0.15, 0.2) is 0 Å². The maximum atomic E-state index is 13.5. The van der Waals surface area contributed by atoms with Gasteiger partial charge in [-0.3, -0.25) is 4.68 Å². The lowest BCUT2D eigenvalue weighted by molar-refractivity contribution is 0.602. The molecule has 3 nitrogen and oxygen atoms in total. The number of hydrogen-bond donors (Lipinski definition) is 1. The van der Waals surface area contributed by atoms with Gasteiger partial charge in [0.05, 0.1) is 11.7 Å². The molecule has 0 fully saturated rings. The lowest BCUT2D eigenvalue weighted by Gasteiger charge is -2.02. The van der Waals surface area contributed by atoms with Crippen molar-refractivity contribution >= 4 is 10.9 Å². The predicted octanol–water partition coefficient (Wildman–Crippen LogP) is 1.43. The van der Waals surface area contributed by atoms with Crippen molar-refractivity contribution in [1.82, 2.24) is 15.1 Å². The predicted molar refractivity (Wildman–Crippen MR) is 53.4 cm³/mol. The van der Waals surface area contributed by atoms with Crippen molar-refractivity contribution in [3.63, 3.8) is 0 Å². The zero-order valence-electron chi connectivity index (χ0n) is 8.21. The van der Waals surface area contributed by atoms with Gasteiger partial charge in [-0.25, -0.2) is 4.39 Å². The molecule has 0 spiro atoms. The molecule has 0 aliphatic rings. The third-order valence-electron chi connectivity index (χ3n) is 2.28. The van der Waals surface area contributed by atoms with E-state index in [4.69, 9.17) is 0 Å². The molecule has 74 valence electrons. The number of benzene rings is 1. The molecule has 0 bridgehead atoms. The maximum absolute atomic E-state index is 13.5. The van der Waals surface area contributed by atoms with Gasteiger partial charge >= 0.3 is 0 Å². The number of hydrogen-bond acceptors (Lipinski definition) is 2. The standard InChI is InChI=1S/C10H12FN3/c1-12-5-7-3-8-6-13-14(2)10(8)4-9(7)11/h3-4,6,12H,5H2,1-2H3. The number of halogens is 1. The minimum Gasteiger partial charge on any atom is -0.316 e. The highest BCUT2D eigenvalue weighted by molar-refractivity contribution is 5.79. The van der Waals surface area contributed by atoms with Crippen LogP contribution in [0.2, 0.25) is 0 Å². The van der Waals surface area contributed by atoms with Crippen LogP contribution in [0.5, 0.6) is 0 Å². The molecule has 2 rings (SSSR count). The third kappa shape index (κ3) is 1.37. The minimum absolute atomic E-state index is 0.185. The monoisotopic (exact) mass is 193 g/mol. The molecule has 1 N–H and O–H groups in total. The molecule has 1 aromatic carbocycles. The van der Waals surface area contributed by atoms with Gasteiger partial charge in [-0.2, -0.15) is 5.10 Å². The van der Waals surface area contributed by atoms with Crippen LogP contribution >= 0.6 is 0 Å². The first kappa shape index (κ1) is 9.15. The molecule has 1 heterocycles. The van der Waals surface area contributed by atoms with Gasteiger partial charge in [0.25, 0.3) is 0 Å². The molecule has 14 heavy (non-hydrogen) atoms. The molecule has 4 heteroatoms. The van der Waals surface area contributed by atoms with Crippen LogP contribution in [0.15, 0.2) is 18.3 Å². The van der Waals surface area contributed by atoms with Gasteiger partial charge in [-0.1, -0.05) is 0 Å². The molecule has 0 saturated carbocycles. The molecule has 0 aliphatic carbocycles. The summed E-state index contributed by atoms with van der Waals surface area (Å²) in [6.07, 6.45) is 1.74. The van der Waals surface area contributed by atoms with E-state index >= 15 is 0 Å². The lowest BCUT2D eigenvalue weighted by atomic mass is 10.1. The summed E-state index contributed by atoms with van der Waals surface area (Å²) in [7, 11) is 3.60. The van der Waals surface area contributed by atoms with Gasteiger partial charge in [0.2, 0.25) is 0 Å². The van der Waals surface area contributed by atoms with Crippen LogP contribution < -0.4 is 5.32 Å². The first-order valence-corrected chi connectivity index (χ1v) is 4.47. The van der Waals surface area contributed by atoms with Crippen LogP contribution in [0.25, 0.3) is 10.9 Å². The summed E-state index contributed by atoms with van der Waals surface area (Å²) in [5.41, 5.74) is 1.50. The number of fused-ring (bicyclic) bond motifs is 1. The molecule has 1 aromatic heterocycles. The quantitative estimate of drug-likeness (QED) is 0.782. The summed E-state index contributed by atoms with van der Waals surface area (Å²) in [6, 6.07) is 3.35. The highest BCUT2D eigenvalue weighted by Crippen LogP contribution is 2.18. The molecule has 0 amide bonds. The van der Waals surface area contributed by atoms with Crippen LogP contribution in [-0.4, -0.2) is 16.8 Å². The number of nitrogens with zero attached hydrogens (tertiary/aromatic N) is 2. The smallest absolute Gasteiger partial charge is 0.129 e. The molecule has 0 unspecified atom stereocenters. The van der Waals surface area contributed by atoms with Gasteiger partial charge in [-0.15, -0.1) is 0 Å². The van der Waals surface area contributed by atoms with Crippen molar-refractivity contribution in [2.75, 3.05) is 7.05 Å². The van der Waals surface area contributed by atoms with Crippen molar-refractivity contribution in [2.45, 2.75) is 6.54 Å². The second kappa shape index (κ2) is 3.38. The van der Waals surface area contributed by atoms with E-state index in [9.17, 15) is 4.39 Å². The molecular weight excluding hydrogens is 181 g/mol. The third-order valence-corrected chi connectivity index (χ3v) is 2.28. The molecule has 0 radical (unpaired) electrons. The van der Waals surface area contributed by atoms with Crippen LogP contribution in [0, 0.1) is 5.82 Å². The van der Waals surface area contributed by atoms with Gasteiger partial charge in [0, 0.05) is 30.6 Å². The fourth-order valence-corrected chi connectivity index (χ4v) is 1.55. The topological polar surface area (TPSA) is 29.9 Å². The number of aromatic nitrogens is 2. The Kier molecular flexibility index (Phi) is 2.21. The van der Waals surface area contributed by atoms with Crippen molar-refractivity contribution < 1.29 is 4.39 Å². The first-order chi connectivity index (χ1) is 6.72. The Balaban J connectivity index is 2.60. The normalized spacial score (nSPS) is 11.1. The van der Waals surface area contributed by atoms with Crippen molar-refractivity contribution in [3.8, 4) is 0 Å². The van der Waals surface area contributed by atoms with Crippen LogP contribution in [0.4, 0.5) is 4.39 Å². The summed E-state index contributed by atoms with van der Waals surface area (Å²) < 4.78 is 15.2. The summed E-state index contributed by atoms with van der Waals surface area (Å²) in [4.78, 5) is 0. The van der Waals surface area contributed by atoms with E-state index < -0.39 is 0 Å². The second-order valence-corrected chi connectivity index (χ2v) is 3.30. The van der Waals surface area contributed by atoms with Crippen LogP contribution in [0.1, 0.15) is 5.56 Å². The van der Waals surface area contributed by atoms with E-state index in [1.165, 1.54) is 6.07 Å². The zero-order chi connectivity index (χ0) is 10.1. The van der Waals surface area contributed by atoms with Crippen LogP contribution in [0.3, 0.4) is 0 Å². The minimum atomic E-state index is -0.185. The summed E-state index contributed by atoms with van der Waals surface area (Å²) in [5, 5.41) is 7.97. The molecule has 0 aliphatic heterocycles. The van der Waals surface area contributed by atoms with Crippen molar-refractivity contribution in [2.24, 2.45) is 7.05 Å². The number of aryl methyl sites for hydroxylation is 1. The van der Waals surface area contributed by atoms with E-state index in [-0.39, 0.29) is 5.82 Å². The Labute approximate surface area is 81.5 Å². The molecule has 0 atom stereocenters. The largest absolute Gasteiger partial charge is 0.316 e. The fraction of sp³-hybridized carbons (Fsp3) is 0.300. The Morgan fingerprint density at radius 1 is 1.50 bits per heavy atom. The van der Waals surface area contributed by atoms with E-state index in [1.807, 2.05) is 6.07 Å². The Hall–Kier alpha value is -1.42. The molecule has 0 saturated heterocycles. The zero-order valence-corrected chi connectivity index (χ0v) is 8.21. The lowest BCUT2D eigenvalue weighted by Crippen LogP contribution is -2.06. The van der Waals surface area contributed by atoms with Gasteiger partial charge in [-0.05, 0) is 13.1 Å². The summed E-state index contributed by atoms with van der Waals surface area (Å²) >= 11 is 0. The van der Waals surface area contributed by atoms with Gasteiger partial charge in [0.1, 0.15) is 5.82 Å². The number of rotatable bonds is 2. The van der Waals surface area contributed by atoms with Crippen molar-refractivity contribution in [1.29, 1.82) is 0 Å². The summed E-state index contributed by atoms with van der Waals surface area (Å²) in [5.74, 6) is -0.185. The SMILES string of the molecule is CNCc1cc2cnn(C)c2cc1F. The Morgan fingerprint density at radius 3 is 3.00 bits per heavy atom. The Morgan fingerprint density at radius 2 is 2.29 bits per heavy atom. The van der Waals surface area contributed by atoms with E-state index in [0.717, 1.165) is 10.9 Å². The summed E-state index contributed by atoms with van der Waals surface area (Å²) in [6.45, 7) is 0.538. The van der Waals surface area contributed by atoms with E-state index in [2.05, 4.69) is 10.4 Å². The average molecular weight is 193 g/mol. The maximum Gasteiger partial charge on any atom is 0.129 e. The van der Waals surface area contributed by atoms with Crippen LogP contribution in [-0.2, 0) is 13.6 Å². The highest BCUT2D eigenvalue weighted by atomic mass is 19.1. The van der Waals surface area contributed by atoms with Crippen molar-refractivity contribution in [3.05, 3.63) is 29.7 Å².